The summed E-state index contributed by atoms with van der Waals surface area (Å²) in [5.74, 6) is -0.673. The molecule has 10 heteroatoms. The van der Waals surface area contributed by atoms with Crippen molar-refractivity contribution in [3.63, 3.8) is 0 Å². The van der Waals surface area contributed by atoms with Crippen molar-refractivity contribution < 1.29 is 28.9 Å². The Bertz CT molecular complexity index is 722. The van der Waals surface area contributed by atoms with Crippen molar-refractivity contribution in [2.24, 2.45) is 17.8 Å². The molecular weight excluding hydrogens is 440 g/mol. The number of nitrogens with zero attached hydrogens (tertiary/aromatic N) is 1. The first-order chi connectivity index (χ1) is 15.9. The molecular formula is C24H42N4O6. The topological polar surface area (TPSA) is 126 Å². The molecule has 194 valence electrons. The fourth-order valence-corrected chi connectivity index (χ4v) is 3.37. The molecule has 3 atom stereocenters. The SMILES string of the molecule is CC(C)CNC(=O)[C@@H](CC(C)C)ONC(=O)/C=C/CC(=O)NO[C@@H]1CC(C)N(CC(C)C)C1=O. The molecule has 1 heterocycles. The standard InChI is InChI=1S/C24H42N4O6/c1-15(2)11-19(23(31)25-13-16(3)4)33-26-21(29)9-8-10-22(30)27-34-20-12-18(7)28(24(20)32)14-17(5)6/h8-9,15-20H,10-14H2,1-7H3,(H,25,31)(H,26,29)(H,27,30)/b9-8+/t18?,19-,20-/m1/s1. The average molecular weight is 483 g/mol. The zero-order chi connectivity index (χ0) is 25.8. The lowest BCUT2D eigenvalue weighted by Gasteiger charge is -2.23. The summed E-state index contributed by atoms with van der Waals surface area (Å²) in [7, 11) is 0. The highest BCUT2D eigenvalue weighted by molar-refractivity contribution is 5.88. The van der Waals surface area contributed by atoms with Gasteiger partial charge >= 0.3 is 0 Å². The summed E-state index contributed by atoms with van der Waals surface area (Å²) in [6.07, 6.45) is 1.80. The first kappa shape index (κ1) is 29.6. The van der Waals surface area contributed by atoms with Crippen LogP contribution in [0.5, 0.6) is 0 Å². The van der Waals surface area contributed by atoms with Gasteiger partial charge in [0.15, 0.2) is 12.2 Å². The Morgan fingerprint density at radius 3 is 2.32 bits per heavy atom. The highest BCUT2D eigenvalue weighted by atomic mass is 16.7. The molecule has 1 unspecified atom stereocenters. The van der Waals surface area contributed by atoms with Gasteiger partial charge in [-0.15, -0.1) is 0 Å². The molecule has 1 aliphatic heterocycles. The summed E-state index contributed by atoms with van der Waals surface area (Å²) in [4.78, 5) is 61.1. The Hall–Kier alpha value is -2.46. The smallest absolute Gasteiger partial charge is 0.267 e. The monoisotopic (exact) mass is 482 g/mol. The minimum Gasteiger partial charge on any atom is -0.354 e. The van der Waals surface area contributed by atoms with Crippen molar-refractivity contribution in [1.82, 2.24) is 21.2 Å². The minimum atomic E-state index is -0.811. The molecule has 0 saturated carbocycles. The predicted octanol–water partition coefficient (Wildman–Crippen LogP) is 1.86. The molecule has 1 aliphatic rings. The highest BCUT2D eigenvalue weighted by Crippen LogP contribution is 2.22. The molecule has 10 nitrogen and oxygen atoms in total. The number of nitrogens with one attached hydrogen (secondary N) is 3. The van der Waals surface area contributed by atoms with Gasteiger partial charge in [0.2, 0.25) is 5.91 Å². The minimum absolute atomic E-state index is 0.0485. The van der Waals surface area contributed by atoms with Gasteiger partial charge < -0.3 is 10.2 Å². The van der Waals surface area contributed by atoms with Crippen LogP contribution in [0.1, 0.15) is 67.7 Å². The Labute approximate surface area is 203 Å². The van der Waals surface area contributed by atoms with Crippen LogP contribution in [0, 0.1) is 17.8 Å². The van der Waals surface area contributed by atoms with Crippen LogP contribution in [-0.4, -0.2) is 59.9 Å². The fourth-order valence-electron chi connectivity index (χ4n) is 3.37. The number of hydrogen-bond acceptors (Lipinski definition) is 6. The van der Waals surface area contributed by atoms with Crippen LogP contribution in [0.25, 0.3) is 0 Å². The number of amides is 4. The maximum absolute atomic E-state index is 12.4. The van der Waals surface area contributed by atoms with Crippen molar-refractivity contribution in [2.75, 3.05) is 13.1 Å². The highest BCUT2D eigenvalue weighted by Gasteiger charge is 2.38. The van der Waals surface area contributed by atoms with Crippen LogP contribution in [0.15, 0.2) is 12.2 Å². The Morgan fingerprint density at radius 2 is 1.74 bits per heavy atom. The maximum atomic E-state index is 12.4. The van der Waals surface area contributed by atoms with Crippen molar-refractivity contribution in [2.45, 2.75) is 86.0 Å². The summed E-state index contributed by atoms with van der Waals surface area (Å²) in [6.45, 7) is 15.1. The van der Waals surface area contributed by atoms with E-state index in [0.717, 1.165) is 6.08 Å². The van der Waals surface area contributed by atoms with E-state index in [2.05, 4.69) is 16.3 Å². The van der Waals surface area contributed by atoms with Crippen LogP contribution in [-0.2, 0) is 28.9 Å². The van der Waals surface area contributed by atoms with Crippen LogP contribution >= 0.6 is 0 Å². The molecule has 0 aromatic heterocycles. The Balaban J connectivity index is 2.41. The number of hydrogen-bond donors (Lipinski definition) is 3. The third-order valence-electron chi connectivity index (χ3n) is 5.06. The molecule has 0 aromatic rings. The van der Waals surface area contributed by atoms with Crippen molar-refractivity contribution in [3.8, 4) is 0 Å². The van der Waals surface area contributed by atoms with E-state index in [9.17, 15) is 19.2 Å². The largest absolute Gasteiger partial charge is 0.354 e. The van der Waals surface area contributed by atoms with Crippen molar-refractivity contribution in [3.05, 3.63) is 12.2 Å². The van der Waals surface area contributed by atoms with Crippen LogP contribution in [0.4, 0.5) is 0 Å². The third-order valence-corrected chi connectivity index (χ3v) is 5.06. The van der Waals surface area contributed by atoms with Gasteiger partial charge in [-0.25, -0.2) is 11.0 Å². The summed E-state index contributed by atoms with van der Waals surface area (Å²) in [6, 6.07) is 0.0485. The quantitative estimate of drug-likeness (QED) is 0.256. The molecule has 0 spiro atoms. The van der Waals surface area contributed by atoms with Gasteiger partial charge in [0, 0.05) is 38.0 Å². The van der Waals surface area contributed by atoms with E-state index in [1.54, 1.807) is 4.90 Å². The van der Waals surface area contributed by atoms with Crippen LogP contribution < -0.4 is 16.3 Å². The maximum Gasteiger partial charge on any atom is 0.267 e. The molecule has 0 bridgehead atoms. The van der Waals surface area contributed by atoms with Crippen molar-refractivity contribution >= 4 is 23.6 Å². The van der Waals surface area contributed by atoms with E-state index < -0.39 is 24.0 Å². The predicted molar refractivity (Wildman–Crippen MR) is 128 cm³/mol. The molecule has 0 radical (unpaired) electrons. The molecule has 4 amide bonds. The normalized spacial score (nSPS) is 19.4. The van der Waals surface area contributed by atoms with E-state index in [1.165, 1.54) is 6.08 Å². The molecule has 1 rings (SSSR count). The number of carbonyl (C=O) groups is 4. The first-order valence-corrected chi connectivity index (χ1v) is 12.0. The fraction of sp³-hybridized carbons (Fsp3) is 0.750. The lowest BCUT2D eigenvalue weighted by Crippen LogP contribution is -2.42. The van der Waals surface area contributed by atoms with E-state index in [1.807, 2.05) is 48.5 Å². The second-order valence-electron chi connectivity index (χ2n) is 10.0. The summed E-state index contributed by atoms with van der Waals surface area (Å²) >= 11 is 0. The molecule has 0 aromatic carbocycles. The number of hydroxylamine groups is 2. The third kappa shape index (κ3) is 11.1. The average Bonchev–Trinajstić information content (AvgIpc) is 3.00. The van der Waals surface area contributed by atoms with Gasteiger partial charge in [-0.3, -0.25) is 28.9 Å². The molecule has 3 N–H and O–H groups in total. The van der Waals surface area contributed by atoms with E-state index in [-0.39, 0.29) is 30.2 Å². The van der Waals surface area contributed by atoms with Gasteiger partial charge in [0.05, 0.1) is 0 Å². The van der Waals surface area contributed by atoms with Gasteiger partial charge in [-0.2, -0.15) is 0 Å². The lowest BCUT2D eigenvalue weighted by molar-refractivity contribution is -0.149. The molecule has 1 saturated heterocycles. The van der Waals surface area contributed by atoms with E-state index in [4.69, 9.17) is 9.68 Å². The molecule has 34 heavy (non-hydrogen) atoms. The Kier molecular flexibility index (Phi) is 12.8. The summed E-state index contributed by atoms with van der Waals surface area (Å²) in [5.41, 5.74) is 4.52. The number of likely N-dealkylation sites (tertiary alicyclic amines) is 1. The zero-order valence-corrected chi connectivity index (χ0v) is 21.6. The number of rotatable bonds is 14. The van der Waals surface area contributed by atoms with Crippen LogP contribution in [0.2, 0.25) is 0 Å². The lowest BCUT2D eigenvalue weighted by atomic mass is 10.1. The second kappa shape index (κ2) is 14.7. The van der Waals surface area contributed by atoms with E-state index in [0.29, 0.717) is 37.8 Å². The summed E-state index contributed by atoms with van der Waals surface area (Å²) < 4.78 is 0. The molecule has 0 aliphatic carbocycles. The van der Waals surface area contributed by atoms with Crippen LogP contribution in [0.3, 0.4) is 0 Å². The van der Waals surface area contributed by atoms with E-state index >= 15 is 0 Å². The zero-order valence-electron chi connectivity index (χ0n) is 21.6. The van der Waals surface area contributed by atoms with Crippen molar-refractivity contribution in [1.29, 1.82) is 0 Å². The van der Waals surface area contributed by atoms with Gasteiger partial charge in [-0.05, 0) is 31.1 Å². The number of carbonyl (C=O) groups excluding carboxylic acids is 4. The second-order valence-corrected chi connectivity index (χ2v) is 10.0. The van der Waals surface area contributed by atoms with Gasteiger partial charge in [0.25, 0.3) is 17.7 Å². The Morgan fingerprint density at radius 1 is 1.06 bits per heavy atom. The van der Waals surface area contributed by atoms with Gasteiger partial charge in [0.1, 0.15) is 0 Å². The van der Waals surface area contributed by atoms with Gasteiger partial charge in [-0.1, -0.05) is 47.6 Å². The first-order valence-electron chi connectivity index (χ1n) is 12.0. The molecule has 1 fully saturated rings. The summed E-state index contributed by atoms with van der Waals surface area (Å²) in [5, 5.41) is 2.80.